The number of carbonyl (C=O) groups excluding carboxylic acids is 1. The van der Waals surface area contributed by atoms with Crippen LogP contribution in [0.25, 0.3) is 0 Å². The summed E-state index contributed by atoms with van der Waals surface area (Å²) in [5.74, 6) is -1.08. The van der Waals surface area contributed by atoms with Crippen molar-refractivity contribution in [1.29, 1.82) is 0 Å². The molecule has 3 unspecified atom stereocenters. The van der Waals surface area contributed by atoms with Gasteiger partial charge in [-0.2, -0.15) is 0 Å². The summed E-state index contributed by atoms with van der Waals surface area (Å²) in [6.07, 6.45) is 2.52. The number of rotatable bonds is 7. The first-order valence-electron chi connectivity index (χ1n) is 7.03. The van der Waals surface area contributed by atoms with Gasteiger partial charge in [0.1, 0.15) is 5.75 Å². The van der Waals surface area contributed by atoms with Crippen molar-refractivity contribution >= 4 is 15.8 Å². The van der Waals surface area contributed by atoms with Crippen LogP contribution in [0.3, 0.4) is 0 Å². The summed E-state index contributed by atoms with van der Waals surface area (Å²) < 4.78 is 29.2. The van der Waals surface area contributed by atoms with Crippen molar-refractivity contribution in [1.82, 2.24) is 5.32 Å². The van der Waals surface area contributed by atoms with Crippen molar-refractivity contribution < 1.29 is 17.9 Å². The Morgan fingerprint density at radius 2 is 2.00 bits per heavy atom. The molecular formula is C13H25NO4S. The smallest absolute Gasteiger partial charge is 0.321 e. The molecule has 1 N–H and O–H groups in total. The van der Waals surface area contributed by atoms with Crippen LogP contribution in [-0.2, 0) is 19.4 Å². The molecule has 0 aromatic rings. The molecule has 3 atom stereocenters. The van der Waals surface area contributed by atoms with Crippen LogP contribution in [0, 0.1) is 5.92 Å². The monoisotopic (exact) mass is 291 g/mol. The van der Waals surface area contributed by atoms with E-state index < -0.39 is 26.8 Å². The zero-order chi connectivity index (χ0) is 14.5. The normalized spacial score (nSPS) is 27.4. The van der Waals surface area contributed by atoms with Gasteiger partial charge in [0.05, 0.1) is 11.9 Å². The van der Waals surface area contributed by atoms with Gasteiger partial charge >= 0.3 is 5.97 Å². The molecule has 1 aliphatic carbocycles. The fraction of sp³-hybridized carbons (Fsp3) is 0.923. The molecule has 0 radical (unpaired) electrons. The van der Waals surface area contributed by atoms with E-state index in [1.165, 1.54) is 0 Å². The molecule has 1 rings (SSSR count). The number of esters is 1. The lowest BCUT2D eigenvalue weighted by Gasteiger charge is -2.21. The average Bonchev–Trinajstić information content (AvgIpc) is 2.68. The van der Waals surface area contributed by atoms with Crippen LogP contribution >= 0.6 is 0 Å². The second-order valence-electron chi connectivity index (χ2n) is 5.15. The number of sulfone groups is 1. The summed E-state index contributed by atoms with van der Waals surface area (Å²) in [6, 6.07) is 0.238. The minimum Gasteiger partial charge on any atom is -0.465 e. The third-order valence-corrected chi connectivity index (χ3v) is 5.95. The summed E-state index contributed by atoms with van der Waals surface area (Å²) in [6.45, 7) is 6.83. The molecular weight excluding hydrogens is 266 g/mol. The van der Waals surface area contributed by atoms with Crippen LogP contribution in [0.1, 0.15) is 40.0 Å². The Kier molecular flexibility index (Phi) is 6.26. The highest BCUT2D eigenvalue weighted by molar-refractivity contribution is 7.92. The molecule has 0 aromatic heterocycles. The molecule has 1 fully saturated rings. The van der Waals surface area contributed by atoms with Crippen molar-refractivity contribution in [2.24, 2.45) is 5.92 Å². The van der Waals surface area contributed by atoms with Crippen LogP contribution < -0.4 is 5.32 Å². The SMILES string of the molecule is CCCNC1CCC(S(=O)(=O)CC(=O)OCC)C1C. The fourth-order valence-corrected chi connectivity index (χ4v) is 4.69. The van der Waals surface area contributed by atoms with Gasteiger partial charge in [-0.3, -0.25) is 4.79 Å². The molecule has 0 amide bonds. The minimum atomic E-state index is -3.40. The van der Waals surface area contributed by atoms with Gasteiger partial charge in [-0.25, -0.2) is 8.42 Å². The maximum atomic E-state index is 12.2. The number of hydrogen-bond donors (Lipinski definition) is 1. The molecule has 1 aliphatic rings. The first-order valence-corrected chi connectivity index (χ1v) is 8.74. The number of carbonyl (C=O) groups is 1. The van der Waals surface area contributed by atoms with E-state index >= 15 is 0 Å². The molecule has 1 saturated carbocycles. The molecule has 6 heteroatoms. The molecule has 0 aliphatic heterocycles. The van der Waals surface area contributed by atoms with E-state index in [1.807, 2.05) is 6.92 Å². The summed E-state index contributed by atoms with van der Waals surface area (Å²) >= 11 is 0. The van der Waals surface area contributed by atoms with Crippen molar-refractivity contribution in [3.05, 3.63) is 0 Å². The summed E-state index contributed by atoms with van der Waals surface area (Å²) in [5.41, 5.74) is 0. The van der Waals surface area contributed by atoms with Crippen LogP contribution in [0.4, 0.5) is 0 Å². The largest absolute Gasteiger partial charge is 0.465 e. The highest BCUT2D eigenvalue weighted by Gasteiger charge is 2.41. The van der Waals surface area contributed by atoms with Gasteiger partial charge in [-0.1, -0.05) is 13.8 Å². The Bertz CT molecular complexity index is 393. The lowest BCUT2D eigenvalue weighted by molar-refractivity contribution is -0.139. The van der Waals surface area contributed by atoms with Crippen molar-refractivity contribution in [2.75, 3.05) is 18.9 Å². The predicted molar refractivity (Wildman–Crippen MR) is 74.7 cm³/mol. The zero-order valence-electron chi connectivity index (χ0n) is 12.0. The van der Waals surface area contributed by atoms with E-state index in [1.54, 1.807) is 6.92 Å². The van der Waals surface area contributed by atoms with E-state index in [-0.39, 0.29) is 18.6 Å². The highest BCUT2D eigenvalue weighted by atomic mass is 32.2. The Balaban J connectivity index is 2.62. The lowest BCUT2D eigenvalue weighted by Crippen LogP contribution is -2.38. The first kappa shape index (κ1) is 16.4. The summed E-state index contributed by atoms with van der Waals surface area (Å²) in [5, 5.41) is 2.96. The second kappa shape index (κ2) is 7.24. The fourth-order valence-electron chi connectivity index (χ4n) is 2.73. The first-order chi connectivity index (χ1) is 8.92. The molecule has 0 saturated heterocycles. The lowest BCUT2D eigenvalue weighted by atomic mass is 10.1. The molecule has 19 heavy (non-hydrogen) atoms. The number of nitrogens with one attached hydrogen (secondary N) is 1. The van der Waals surface area contributed by atoms with Gasteiger partial charge in [0.15, 0.2) is 9.84 Å². The second-order valence-corrected chi connectivity index (χ2v) is 7.37. The molecule has 112 valence electrons. The van der Waals surface area contributed by atoms with Gasteiger partial charge < -0.3 is 10.1 Å². The van der Waals surface area contributed by atoms with Crippen LogP contribution in [0.15, 0.2) is 0 Å². The van der Waals surface area contributed by atoms with Gasteiger partial charge in [0.25, 0.3) is 0 Å². The molecule has 0 aromatic carbocycles. The van der Waals surface area contributed by atoms with E-state index in [2.05, 4.69) is 12.2 Å². The molecule has 5 nitrogen and oxygen atoms in total. The third kappa shape index (κ3) is 4.45. The van der Waals surface area contributed by atoms with Gasteiger partial charge in [0, 0.05) is 6.04 Å². The van der Waals surface area contributed by atoms with Crippen molar-refractivity contribution in [3.63, 3.8) is 0 Å². The zero-order valence-corrected chi connectivity index (χ0v) is 12.8. The Hall–Kier alpha value is -0.620. The third-order valence-electron chi connectivity index (χ3n) is 3.73. The number of ether oxygens (including phenoxy) is 1. The van der Waals surface area contributed by atoms with E-state index in [9.17, 15) is 13.2 Å². The van der Waals surface area contributed by atoms with E-state index in [0.29, 0.717) is 6.42 Å². The van der Waals surface area contributed by atoms with Gasteiger partial charge in [-0.15, -0.1) is 0 Å². The average molecular weight is 291 g/mol. The van der Waals surface area contributed by atoms with E-state index in [4.69, 9.17) is 4.74 Å². The summed E-state index contributed by atoms with van der Waals surface area (Å²) in [7, 11) is -3.40. The standard InChI is InChI=1S/C13H25NO4S/c1-4-8-14-11-6-7-12(10(11)3)19(16,17)9-13(15)18-5-2/h10-12,14H,4-9H2,1-3H3. The van der Waals surface area contributed by atoms with Crippen LogP contribution in [-0.4, -0.2) is 44.6 Å². The maximum Gasteiger partial charge on any atom is 0.321 e. The Morgan fingerprint density at radius 1 is 1.32 bits per heavy atom. The van der Waals surface area contributed by atoms with Crippen LogP contribution in [0.2, 0.25) is 0 Å². The van der Waals surface area contributed by atoms with Crippen molar-refractivity contribution in [2.45, 2.75) is 51.3 Å². The topological polar surface area (TPSA) is 72.5 Å². The quantitative estimate of drug-likeness (QED) is 0.712. The van der Waals surface area contributed by atoms with Gasteiger partial charge in [-0.05, 0) is 38.6 Å². The Morgan fingerprint density at radius 3 is 2.58 bits per heavy atom. The number of hydrogen-bond acceptors (Lipinski definition) is 5. The Labute approximate surface area is 116 Å². The van der Waals surface area contributed by atoms with Crippen molar-refractivity contribution in [3.8, 4) is 0 Å². The highest BCUT2D eigenvalue weighted by Crippen LogP contribution is 2.31. The molecule has 0 spiro atoms. The molecule has 0 heterocycles. The minimum absolute atomic E-state index is 0.0472. The predicted octanol–water partition coefficient (Wildman–Crippen LogP) is 1.13. The van der Waals surface area contributed by atoms with E-state index in [0.717, 1.165) is 19.4 Å². The maximum absolute atomic E-state index is 12.2. The summed E-state index contributed by atoms with van der Waals surface area (Å²) in [4.78, 5) is 11.4. The van der Waals surface area contributed by atoms with Gasteiger partial charge in [0.2, 0.25) is 0 Å². The molecule has 0 bridgehead atoms. The van der Waals surface area contributed by atoms with Crippen LogP contribution in [0.5, 0.6) is 0 Å².